The Bertz CT molecular complexity index is 685. The zero-order valence-electron chi connectivity index (χ0n) is 10.5. The van der Waals surface area contributed by atoms with Crippen molar-refractivity contribution >= 4 is 16.0 Å². The minimum atomic E-state index is -4.00. The van der Waals surface area contributed by atoms with Gasteiger partial charge in [-0.1, -0.05) is 12.1 Å². The Hall–Kier alpha value is -2.42. The van der Waals surface area contributed by atoms with Crippen molar-refractivity contribution < 1.29 is 17.9 Å². The highest BCUT2D eigenvalue weighted by Gasteiger charge is 2.20. The third-order valence-electron chi connectivity index (χ3n) is 2.19. The van der Waals surface area contributed by atoms with E-state index in [1.807, 2.05) is 4.72 Å². The molecule has 1 N–H and O–H groups in total. The largest absolute Gasteiger partial charge is 0.446 e. The standard InChI is InChI=1S/C12H11N3O4S/c1-9(6-13)19-12(16)8-15-20(17,18)11-5-3-2-4-10(11)7-14/h2-5,9,15H,8H2,1H3/t9-/m0/s1. The number of esters is 1. The molecule has 0 aliphatic rings. The molecule has 0 saturated carbocycles. The molecule has 1 aromatic carbocycles. The van der Waals surface area contributed by atoms with E-state index in [2.05, 4.69) is 4.74 Å². The molecule has 0 spiro atoms. The summed E-state index contributed by atoms with van der Waals surface area (Å²) in [5.41, 5.74) is -0.0289. The first-order chi connectivity index (χ1) is 9.40. The van der Waals surface area contributed by atoms with Crippen LogP contribution in [0.4, 0.5) is 0 Å². The Morgan fingerprint density at radius 3 is 2.65 bits per heavy atom. The van der Waals surface area contributed by atoms with Gasteiger partial charge in [0.25, 0.3) is 0 Å². The molecule has 0 unspecified atom stereocenters. The monoisotopic (exact) mass is 293 g/mol. The number of hydrogen-bond acceptors (Lipinski definition) is 6. The number of benzene rings is 1. The van der Waals surface area contributed by atoms with Crippen molar-refractivity contribution in [1.82, 2.24) is 4.72 Å². The summed E-state index contributed by atoms with van der Waals surface area (Å²) in [5, 5.41) is 17.3. The van der Waals surface area contributed by atoms with Crippen LogP contribution in [0.15, 0.2) is 29.2 Å². The molecule has 0 heterocycles. The van der Waals surface area contributed by atoms with Crippen LogP contribution in [-0.4, -0.2) is 27.0 Å². The van der Waals surface area contributed by atoms with Crippen LogP contribution < -0.4 is 4.72 Å². The number of nitriles is 2. The van der Waals surface area contributed by atoms with Gasteiger partial charge < -0.3 is 4.74 Å². The number of sulfonamides is 1. The van der Waals surface area contributed by atoms with E-state index < -0.39 is 28.6 Å². The Balaban J connectivity index is 2.80. The predicted octanol–water partition coefficient (Wildman–Crippen LogP) is 0.292. The molecule has 1 rings (SSSR count). The smallest absolute Gasteiger partial charge is 0.322 e. The van der Waals surface area contributed by atoms with Crippen LogP contribution in [-0.2, 0) is 19.6 Å². The number of carbonyl (C=O) groups excluding carboxylic acids is 1. The van der Waals surface area contributed by atoms with E-state index in [1.54, 1.807) is 12.1 Å². The minimum absolute atomic E-state index is 0.0289. The first-order valence-electron chi connectivity index (χ1n) is 5.48. The summed E-state index contributed by atoms with van der Waals surface area (Å²) < 4.78 is 30.5. The summed E-state index contributed by atoms with van der Waals surface area (Å²) in [6, 6.07) is 9.03. The Kier molecular flexibility index (Phi) is 5.21. The molecule has 0 fully saturated rings. The van der Waals surface area contributed by atoms with E-state index in [-0.39, 0.29) is 10.5 Å². The number of nitrogens with zero attached hydrogens (tertiary/aromatic N) is 2. The van der Waals surface area contributed by atoms with E-state index in [4.69, 9.17) is 10.5 Å². The molecule has 20 heavy (non-hydrogen) atoms. The second kappa shape index (κ2) is 6.66. The number of nitrogens with one attached hydrogen (secondary N) is 1. The molecular weight excluding hydrogens is 282 g/mol. The second-order valence-electron chi connectivity index (χ2n) is 3.69. The van der Waals surface area contributed by atoms with Gasteiger partial charge in [0.1, 0.15) is 18.7 Å². The van der Waals surface area contributed by atoms with E-state index in [9.17, 15) is 13.2 Å². The Labute approximate surface area is 116 Å². The SMILES string of the molecule is C[C@@H](C#N)OC(=O)CNS(=O)(=O)c1ccccc1C#N. The number of carbonyl (C=O) groups is 1. The van der Waals surface area contributed by atoms with Gasteiger partial charge in [-0.2, -0.15) is 15.2 Å². The fraction of sp³-hybridized carbons (Fsp3) is 0.250. The van der Waals surface area contributed by atoms with Crippen molar-refractivity contribution in [3.05, 3.63) is 29.8 Å². The summed E-state index contributed by atoms with van der Waals surface area (Å²) >= 11 is 0. The molecule has 7 nitrogen and oxygen atoms in total. The average Bonchev–Trinajstić information content (AvgIpc) is 2.45. The zero-order chi connectivity index (χ0) is 15.2. The summed E-state index contributed by atoms with van der Waals surface area (Å²) in [6.45, 7) is 0.742. The molecule has 0 saturated heterocycles. The lowest BCUT2D eigenvalue weighted by molar-refractivity contribution is -0.144. The van der Waals surface area contributed by atoms with Crippen molar-refractivity contribution in [2.45, 2.75) is 17.9 Å². The number of rotatable bonds is 5. The van der Waals surface area contributed by atoms with Gasteiger partial charge in [0, 0.05) is 0 Å². The van der Waals surface area contributed by atoms with Crippen LogP contribution in [0.25, 0.3) is 0 Å². The third kappa shape index (κ3) is 4.05. The third-order valence-corrected chi connectivity index (χ3v) is 3.65. The first-order valence-corrected chi connectivity index (χ1v) is 6.97. The van der Waals surface area contributed by atoms with Crippen molar-refractivity contribution in [2.75, 3.05) is 6.54 Å². The topological polar surface area (TPSA) is 120 Å². The van der Waals surface area contributed by atoms with Gasteiger partial charge in [-0.15, -0.1) is 0 Å². The molecule has 0 radical (unpaired) electrons. The van der Waals surface area contributed by atoms with E-state index >= 15 is 0 Å². The van der Waals surface area contributed by atoms with Crippen molar-refractivity contribution in [2.24, 2.45) is 0 Å². The van der Waals surface area contributed by atoms with Gasteiger partial charge >= 0.3 is 5.97 Å². The highest BCUT2D eigenvalue weighted by Crippen LogP contribution is 2.13. The molecule has 8 heteroatoms. The van der Waals surface area contributed by atoms with Crippen LogP contribution in [0.1, 0.15) is 12.5 Å². The maximum Gasteiger partial charge on any atom is 0.322 e. The molecule has 1 atom stereocenters. The highest BCUT2D eigenvalue weighted by molar-refractivity contribution is 7.89. The molecule has 0 bridgehead atoms. The molecule has 0 aliphatic carbocycles. The van der Waals surface area contributed by atoms with Crippen LogP contribution in [0, 0.1) is 22.7 Å². The van der Waals surface area contributed by atoms with Gasteiger partial charge in [-0.3, -0.25) is 4.79 Å². The minimum Gasteiger partial charge on any atom is -0.446 e. The fourth-order valence-electron chi connectivity index (χ4n) is 1.29. The van der Waals surface area contributed by atoms with Crippen LogP contribution in [0.5, 0.6) is 0 Å². The van der Waals surface area contributed by atoms with Crippen LogP contribution in [0.3, 0.4) is 0 Å². The second-order valence-corrected chi connectivity index (χ2v) is 5.43. The van der Waals surface area contributed by atoms with Gasteiger partial charge in [0.2, 0.25) is 10.0 Å². The Morgan fingerprint density at radius 1 is 1.40 bits per heavy atom. The first kappa shape index (κ1) is 15.6. The lowest BCUT2D eigenvalue weighted by atomic mass is 10.2. The van der Waals surface area contributed by atoms with Crippen molar-refractivity contribution in [3.8, 4) is 12.1 Å². The number of ether oxygens (including phenoxy) is 1. The highest BCUT2D eigenvalue weighted by atomic mass is 32.2. The lowest BCUT2D eigenvalue weighted by Gasteiger charge is -2.09. The normalized spacial score (nSPS) is 11.9. The van der Waals surface area contributed by atoms with Gasteiger partial charge in [0.05, 0.1) is 10.5 Å². The molecule has 0 amide bonds. The average molecular weight is 293 g/mol. The van der Waals surface area contributed by atoms with Gasteiger partial charge in [-0.25, -0.2) is 8.42 Å². The molecular formula is C12H11N3O4S. The lowest BCUT2D eigenvalue weighted by Crippen LogP contribution is -2.32. The summed E-state index contributed by atoms with van der Waals surface area (Å²) in [5.74, 6) is -0.878. The van der Waals surface area contributed by atoms with Crippen molar-refractivity contribution in [1.29, 1.82) is 10.5 Å². The quantitative estimate of drug-likeness (QED) is 0.779. The fourth-order valence-corrected chi connectivity index (χ4v) is 2.41. The molecule has 1 aromatic rings. The van der Waals surface area contributed by atoms with Crippen LogP contribution >= 0.6 is 0 Å². The van der Waals surface area contributed by atoms with Crippen molar-refractivity contribution in [3.63, 3.8) is 0 Å². The number of hydrogen-bond donors (Lipinski definition) is 1. The zero-order valence-corrected chi connectivity index (χ0v) is 11.3. The van der Waals surface area contributed by atoms with Gasteiger partial charge in [0.15, 0.2) is 6.10 Å². The predicted molar refractivity (Wildman–Crippen MR) is 67.5 cm³/mol. The summed E-state index contributed by atoms with van der Waals surface area (Å²) in [7, 11) is -4.00. The maximum absolute atomic E-state index is 11.9. The van der Waals surface area contributed by atoms with E-state index in [0.717, 1.165) is 0 Å². The van der Waals surface area contributed by atoms with E-state index in [0.29, 0.717) is 0 Å². The Morgan fingerprint density at radius 2 is 2.05 bits per heavy atom. The maximum atomic E-state index is 11.9. The van der Waals surface area contributed by atoms with Gasteiger partial charge in [-0.05, 0) is 19.1 Å². The van der Waals surface area contributed by atoms with E-state index in [1.165, 1.54) is 31.2 Å². The summed E-state index contributed by atoms with van der Waals surface area (Å²) in [4.78, 5) is 11.1. The molecule has 0 aromatic heterocycles. The molecule has 104 valence electrons. The summed E-state index contributed by atoms with van der Waals surface area (Å²) in [6.07, 6.45) is -0.960. The molecule has 0 aliphatic heterocycles. The van der Waals surface area contributed by atoms with Crippen LogP contribution in [0.2, 0.25) is 0 Å².